The van der Waals surface area contributed by atoms with Gasteiger partial charge in [0.2, 0.25) is 0 Å². The zero-order valence-electron chi connectivity index (χ0n) is 16.7. The smallest absolute Gasteiger partial charge is 0.264 e. The minimum absolute atomic E-state index is 0.136. The fourth-order valence-electron chi connectivity index (χ4n) is 3.35. The number of benzene rings is 2. The van der Waals surface area contributed by atoms with E-state index in [1.165, 1.54) is 20.9 Å². The van der Waals surface area contributed by atoms with E-state index in [1.807, 2.05) is 18.2 Å². The Morgan fingerprint density at radius 2 is 1.83 bits per heavy atom. The van der Waals surface area contributed by atoms with E-state index in [0.717, 1.165) is 28.3 Å². The summed E-state index contributed by atoms with van der Waals surface area (Å²) in [4.78, 5) is 17.6. The lowest BCUT2D eigenvalue weighted by Crippen LogP contribution is -2.19. The van der Waals surface area contributed by atoms with Crippen LogP contribution >= 0.6 is 46.0 Å². The van der Waals surface area contributed by atoms with Crippen LogP contribution in [0.15, 0.2) is 58.4 Å². The molecule has 0 spiro atoms. The van der Waals surface area contributed by atoms with Gasteiger partial charge in [-0.2, -0.15) is 0 Å². The number of carbonyl (C=O) groups is 1. The van der Waals surface area contributed by atoms with Gasteiger partial charge in [0, 0.05) is 25.7 Å². The predicted molar refractivity (Wildman–Crippen MR) is 135 cm³/mol. The van der Waals surface area contributed by atoms with Crippen LogP contribution in [0.2, 0.25) is 5.02 Å². The quantitative estimate of drug-likeness (QED) is 0.298. The van der Waals surface area contributed by atoms with Crippen molar-refractivity contribution in [1.82, 2.24) is 9.88 Å². The van der Waals surface area contributed by atoms with Crippen LogP contribution in [-0.2, 0) is 4.79 Å². The molecular weight excluding hydrogens is 529 g/mol. The molecule has 4 nitrogen and oxygen atoms in total. The average molecular weight is 548 g/mol. The molecule has 1 aromatic heterocycles. The minimum atomic E-state index is -0.136. The largest absolute Gasteiger partial charge is 0.318 e. The van der Waals surface area contributed by atoms with E-state index in [2.05, 4.69) is 82.5 Å². The Morgan fingerprint density at radius 1 is 1.10 bits per heavy atom. The highest BCUT2D eigenvalue weighted by Crippen LogP contribution is 2.31. The maximum Gasteiger partial charge on any atom is 0.264 e. The number of nitrogens with zero attached hydrogens (tertiary/aromatic N) is 2. The van der Waals surface area contributed by atoms with Crippen LogP contribution in [0.3, 0.4) is 0 Å². The molecule has 0 atom stereocenters. The first-order valence-corrected chi connectivity index (χ1v) is 11.6. The predicted octanol–water partition coefficient (Wildman–Crippen LogP) is 6.55. The first-order valence-electron chi connectivity index (χ1n) is 9.32. The van der Waals surface area contributed by atoms with Crippen molar-refractivity contribution in [3.8, 4) is 5.69 Å². The summed E-state index contributed by atoms with van der Waals surface area (Å²) in [5.74, 6) is -0.136. The molecular formula is C23H19ClIN3OS. The first kappa shape index (κ1) is 21.2. The normalized spacial score (nSPS) is 16.5. The Morgan fingerprint density at radius 3 is 2.53 bits per heavy atom. The summed E-state index contributed by atoms with van der Waals surface area (Å²) in [7, 11) is 0. The van der Waals surface area contributed by atoms with Crippen LogP contribution in [0, 0.1) is 24.3 Å². The van der Waals surface area contributed by atoms with Crippen LogP contribution in [0.4, 0.5) is 5.69 Å². The summed E-state index contributed by atoms with van der Waals surface area (Å²) < 4.78 is 3.46. The topological polar surface area (TPSA) is 46.4 Å². The van der Waals surface area contributed by atoms with Crippen LogP contribution in [-0.4, -0.2) is 15.6 Å². The molecule has 7 heteroatoms. The van der Waals surface area contributed by atoms with E-state index in [-0.39, 0.29) is 5.91 Å². The molecule has 1 saturated heterocycles. The highest BCUT2D eigenvalue weighted by atomic mass is 127. The lowest BCUT2D eigenvalue weighted by Gasteiger charge is -2.11. The molecule has 0 aliphatic carbocycles. The van der Waals surface area contributed by atoms with E-state index in [9.17, 15) is 4.79 Å². The number of hydrogen-bond donors (Lipinski definition) is 1. The van der Waals surface area contributed by atoms with Crippen molar-refractivity contribution in [2.75, 3.05) is 0 Å². The monoisotopic (exact) mass is 547 g/mol. The van der Waals surface area contributed by atoms with Crippen LogP contribution < -0.4 is 5.32 Å². The summed E-state index contributed by atoms with van der Waals surface area (Å²) in [6.45, 7) is 6.27. The molecule has 0 bridgehead atoms. The molecule has 0 saturated carbocycles. The van der Waals surface area contributed by atoms with Crippen LogP contribution in [0.5, 0.6) is 0 Å². The highest BCUT2D eigenvalue weighted by molar-refractivity contribution is 14.1. The van der Waals surface area contributed by atoms with E-state index in [4.69, 9.17) is 11.6 Å². The number of aromatic nitrogens is 1. The Labute approximate surface area is 198 Å². The number of hydrogen-bond acceptors (Lipinski definition) is 3. The molecule has 1 amide bonds. The third-order valence-electron chi connectivity index (χ3n) is 4.86. The molecule has 30 heavy (non-hydrogen) atoms. The summed E-state index contributed by atoms with van der Waals surface area (Å²) in [6, 6.07) is 15.7. The van der Waals surface area contributed by atoms with Gasteiger partial charge in [-0.3, -0.25) is 4.79 Å². The molecule has 1 N–H and O–H groups in total. The summed E-state index contributed by atoms with van der Waals surface area (Å²) in [5.41, 5.74) is 6.36. The second-order valence-corrected chi connectivity index (χ2v) is 9.68. The van der Waals surface area contributed by atoms with Crippen molar-refractivity contribution in [3.05, 3.63) is 84.5 Å². The lowest BCUT2D eigenvalue weighted by atomic mass is 10.2. The highest BCUT2D eigenvalue weighted by Gasteiger charge is 2.24. The van der Waals surface area contributed by atoms with Crippen molar-refractivity contribution < 1.29 is 4.79 Å². The molecule has 152 valence electrons. The summed E-state index contributed by atoms with van der Waals surface area (Å²) in [6.07, 6.45) is 1.93. The van der Waals surface area contributed by atoms with Gasteiger partial charge in [-0.05, 0) is 121 Å². The Bertz CT molecular complexity index is 1210. The molecule has 4 rings (SSSR count). The Hall–Kier alpha value is -2.03. The maximum atomic E-state index is 12.5. The zero-order chi connectivity index (χ0) is 21.4. The summed E-state index contributed by atoms with van der Waals surface area (Å²) in [5, 5.41) is 4.06. The number of carbonyl (C=O) groups excluding carboxylic acids is 1. The molecule has 3 aromatic rings. The van der Waals surface area contributed by atoms with Crippen molar-refractivity contribution in [2.45, 2.75) is 20.8 Å². The fraction of sp³-hybridized carbons (Fsp3) is 0.130. The van der Waals surface area contributed by atoms with Crippen molar-refractivity contribution in [2.24, 2.45) is 4.99 Å². The second-order valence-electron chi connectivity index (χ2n) is 7.05. The van der Waals surface area contributed by atoms with Crippen LogP contribution in [0.25, 0.3) is 11.8 Å². The number of amidine groups is 1. The number of amides is 1. The van der Waals surface area contributed by atoms with Gasteiger partial charge < -0.3 is 9.88 Å². The fourth-order valence-corrected chi connectivity index (χ4v) is 4.65. The maximum absolute atomic E-state index is 12.5. The molecule has 0 radical (unpaired) electrons. The van der Waals surface area contributed by atoms with Crippen LogP contribution in [0.1, 0.15) is 22.5 Å². The zero-order valence-corrected chi connectivity index (χ0v) is 20.4. The average Bonchev–Trinajstić information content (AvgIpc) is 3.18. The third kappa shape index (κ3) is 4.36. The molecule has 1 fully saturated rings. The third-order valence-corrected chi connectivity index (χ3v) is 7.24. The van der Waals surface area contributed by atoms with E-state index in [0.29, 0.717) is 15.1 Å². The van der Waals surface area contributed by atoms with Gasteiger partial charge in [0.1, 0.15) is 0 Å². The Balaban J connectivity index is 1.64. The number of thioether (sulfide) groups is 1. The standard InChI is InChI=1S/C23H19ClIN3OS/c1-13-10-19(8-9-20(13)25)28-14(2)11-16(15(28)3)12-21-22(29)27-23(30-21)26-18-6-4-17(24)5-7-18/h4-12H,1-3H3,(H,26,27,29)/b21-12-. The molecule has 2 heterocycles. The van der Waals surface area contributed by atoms with Crippen molar-refractivity contribution >= 4 is 68.8 Å². The van der Waals surface area contributed by atoms with E-state index < -0.39 is 0 Å². The Kier molecular flexibility index (Phi) is 6.09. The van der Waals surface area contributed by atoms with E-state index in [1.54, 1.807) is 12.1 Å². The van der Waals surface area contributed by atoms with Gasteiger partial charge in [0.25, 0.3) is 5.91 Å². The molecule has 1 aliphatic rings. The van der Waals surface area contributed by atoms with Gasteiger partial charge in [-0.15, -0.1) is 0 Å². The van der Waals surface area contributed by atoms with Gasteiger partial charge in [-0.1, -0.05) is 11.6 Å². The number of aryl methyl sites for hydroxylation is 2. The number of aliphatic imine (C=N–C) groups is 1. The van der Waals surface area contributed by atoms with Crippen molar-refractivity contribution in [3.63, 3.8) is 0 Å². The van der Waals surface area contributed by atoms with Gasteiger partial charge in [-0.25, -0.2) is 4.99 Å². The minimum Gasteiger partial charge on any atom is -0.318 e. The van der Waals surface area contributed by atoms with Gasteiger partial charge in [0.05, 0.1) is 10.6 Å². The van der Waals surface area contributed by atoms with E-state index >= 15 is 0 Å². The lowest BCUT2D eigenvalue weighted by molar-refractivity contribution is -0.115. The molecule has 1 aliphatic heterocycles. The molecule has 0 unspecified atom stereocenters. The molecule has 2 aromatic carbocycles. The SMILES string of the molecule is Cc1cc(-n2c(C)cc(/C=C3\SC(=Nc4ccc(Cl)cc4)NC3=O)c2C)ccc1I. The number of nitrogens with one attached hydrogen (secondary N) is 1. The summed E-state index contributed by atoms with van der Waals surface area (Å²) >= 11 is 9.61. The van der Waals surface area contributed by atoms with Gasteiger partial charge >= 0.3 is 0 Å². The second kappa shape index (κ2) is 8.61. The van der Waals surface area contributed by atoms with Gasteiger partial charge in [0.15, 0.2) is 5.17 Å². The number of rotatable bonds is 3. The van der Waals surface area contributed by atoms with Crippen molar-refractivity contribution in [1.29, 1.82) is 0 Å². The number of halogens is 2. The first-order chi connectivity index (χ1) is 14.3.